The topological polar surface area (TPSA) is 57.8 Å². The summed E-state index contributed by atoms with van der Waals surface area (Å²) in [6, 6.07) is 8.15. The Bertz CT molecular complexity index is 607. The van der Waals surface area contributed by atoms with Crippen LogP contribution in [0.25, 0.3) is 0 Å². The fourth-order valence-corrected chi connectivity index (χ4v) is 2.10. The Morgan fingerprint density at radius 2 is 2.00 bits per heavy atom. The highest BCUT2D eigenvalue weighted by Gasteiger charge is 2.05. The summed E-state index contributed by atoms with van der Waals surface area (Å²) in [5.74, 6) is 0. The zero-order chi connectivity index (χ0) is 14.4. The van der Waals surface area contributed by atoms with Gasteiger partial charge in [0.05, 0.1) is 11.9 Å². The monoisotopic (exact) mass is 291 g/mol. The second kappa shape index (κ2) is 7.10. The molecule has 1 aromatic carbocycles. The number of anilines is 2. The molecule has 2 rings (SSSR count). The van der Waals surface area contributed by atoms with Crippen molar-refractivity contribution in [3.8, 4) is 0 Å². The Hall–Kier alpha value is -1.81. The number of H-pyrrole nitrogens is 1. The fraction of sp³-hybridized carbons (Fsp3) is 0.333. The van der Waals surface area contributed by atoms with Crippen LogP contribution in [-0.4, -0.2) is 10.2 Å². The number of benzene rings is 1. The molecule has 0 bridgehead atoms. The summed E-state index contributed by atoms with van der Waals surface area (Å²) < 4.78 is 0. The Kier molecular flexibility index (Phi) is 5.18. The molecule has 0 amide bonds. The van der Waals surface area contributed by atoms with Gasteiger partial charge >= 0.3 is 0 Å². The number of nitrogens with zero attached hydrogens (tertiary/aromatic N) is 1. The molecule has 20 heavy (non-hydrogen) atoms. The molecule has 5 heteroatoms. The molecule has 4 nitrogen and oxygen atoms in total. The lowest BCUT2D eigenvalue weighted by molar-refractivity contribution is 0.717. The molecule has 0 saturated carbocycles. The molecule has 0 saturated heterocycles. The summed E-state index contributed by atoms with van der Waals surface area (Å²) in [5, 5.41) is 9.22. The third kappa shape index (κ3) is 3.84. The van der Waals surface area contributed by atoms with Crippen LogP contribution in [-0.2, 0) is 6.42 Å². The molecule has 2 aromatic rings. The van der Waals surface area contributed by atoms with Crippen LogP contribution in [0.2, 0.25) is 5.02 Å². The van der Waals surface area contributed by atoms with E-state index in [1.165, 1.54) is 31.0 Å². The smallest absolute Gasteiger partial charge is 0.285 e. The van der Waals surface area contributed by atoms with E-state index < -0.39 is 5.56 Å². The third-order valence-electron chi connectivity index (χ3n) is 3.10. The number of nitrogens with one attached hydrogen (secondary N) is 2. The molecule has 1 aromatic heterocycles. The van der Waals surface area contributed by atoms with Crippen molar-refractivity contribution in [3.63, 3.8) is 0 Å². The minimum atomic E-state index is -0.396. The molecule has 0 aliphatic rings. The Morgan fingerprint density at radius 3 is 2.70 bits per heavy atom. The van der Waals surface area contributed by atoms with Crippen LogP contribution in [0.3, 0.4) is 0 Å². The second-order valence-corrected chi connectivity index (χ2v) is 5.08. The number of halogens is 1. The van der Waals surface area contributed by atoms with Gasteiger partial charge in [-0.25, -0.2) is 5.10 Å². The minimum Gasteiger partial charge on any atom is -0.353 e. The number of aromatic nitrogens is 2. The minimum absolute atomic E-state index is 0.118. The molecule has 0 fully saturated rings. The highest BCUT2D eigenvalue weighted by atomic mass is 35.5. The molecule has 106 valence electrons. The second-order valence-electron chi connectivity index (χ2n) is 4.71. The van der Waals surface area contributed by atoms with Gasteiger partial charge in [-0.2, -0.15) is 5.10 Å². The molecule has 1 heterocycles. The van der Waals surface area contributed by atoms with Gasteiger partial charge in [-0.1, -0.05) is 43.5 Å². The van der Waals surface area contributed by atoms with E-state index in [1.807, 2.05) is 12.1 Å². The predicted molar refractivity (Wildman–Crippen MR) is 82.8 cm³/mol. The van der Waals surface area contributed by atoms with Crippen LogP contribution in [0, 0.1) is 0 Å². The Labute approximate surface area is 123 Å². The summed E-state index contributed by atoms with van der Waals surface area (Å²) in [4.78, 5) is 11.3. The lowest BCUT2D eigenvalue weighted by atomic mass is 10.1. The SMILES string of the molecule is CCCCCc1ccc(Nc2cn[nH]c(=O)c2Cl)cc1. The van der Waals surface area contributed by atoms with Crippen molar-refractivity contribution >= 4 is 23.0 Å². The number of aromatic amines is 1. The normalized spacial score (nSPS) is 10.5. The van der Waals surface area contributed by atoms with Gasteiger partial charge in [0.1, 0.15) is 5.02 Å². The Morgan fingerprint density at radius 1 is 1.25 bits per heavy atom. The predicted octanol–water partition coefficient (Wildman–Crippen LogP) is 3.90. The lowest BCUT2D eigenvalue weighted by Gasteiger charge is -2.08. The van der Waals surface area contributed by atoms with E-state index in [1.54, 1.807) is 0 Å². The van der Waals surface area contributed by atoms with Gasteiger partial charge in [-0.15, -0.1) is 0 Å². The van der Waals surface area contributed by atoms with Crippen molar-refractivity contribution in [2.45, 2.75) is 32.6 Å². The molecule has 0 unspecified atom stereocenters. The molecule has 2 N–H and O–H groups in total. The van der Waals surface area contributed by atoms with E-state index in [4.69, 9.17) is 11.6 Å². The van der Waals surface area contributed by atoms with Gasteiger partial charge in [0.2, 0.25) is 0 Å². The highest BCUT2D eigenvalue weighted by molar-refractivity contribution is 6.33. The van der Waals surface area contributed by atoms with Crippen molar-refractivity contribution in [3.05, 3.63) is 51.4 Å². The molecule has 0 aliphatic carbocycles. The van der Waals surface area contributed by atoms with Gasteiger partial charge in [0, 0.05) is 5.69 Å². The van der Waals surface area contributed by atoms with Crippen LogP contribution in [0.1, 0.15) is 31.7 Å². The van der Waals surface area contributed by atoms with E-state index in [2.05, 4.69) is 34.6 Å². The molecular formula is C15H18ClN3O. The molecule has 0 aliphatic heterocycles. The van der Waals surface area contributed by atoms with Crippen LogP contribution in [0.5, 0.6) is 0 Å². The largest absolute Gasteiger partial charge is 0.353 e. The summed E-state index contributed by atoms with van der Waals surface area (Å²) in [6.07, 6.45) is 6.30. The van der Waals surface area contributed by atoms with E-state index in [9.17, 15) is 4.79 Å². The summed E-state index contributed by atoms with van der Waals surface area (Å²) in [5.41, 5.74) is 2.32. The maximum absolute atomic E-state index is 11.3. The van der Waals surface area contributed by atoms with Crippen LogP contribution in [0.15, 0.2) is 35.3 Å². The molecule has 0 radical (unpaired) electrons. The zero-order valence-electron chi connectivity index (χ0n) is 11.4. The number of unbranched alkanes of at least 4 members (excludes halogenated alkanes) is 2. The van der Waals surface area contributed by atoms with Gasteiger partial charge in [-0.05, 0) is 30.5 Å². The lowest BCUT2D eigenvalue weighted by Crippen LogP contribution is -2.10. The number of aryl methyl sites for hydroxylation is 1. The first-order chi connectivity index (χ1) is 9.70. The van der Waals surface area contributed by atoms with Gasteiger partial charge in [0.15, 0.2) is 0 Å². The van der Waals surface area contributed by atoms with E-state index in [-0.39, 0.29) is 5.02 Å². The first-order valence-corrected chi connectivity index (χ1v) is 7.17. The van der Waals surface area contributed by atoms with Gasteiger partial charge < -0.3 is 5.32 Å². The van der Waals surface area contributed by atoms with Crippen LogP contribution >= 0.6 is 11.6 Å². The number of hydrogen-bond acceptors (Lipinski definition) is 3. The van der Waals surface area contributed by atoms with Crippen LogP contribution < -0.4 is 10.9 Å². The molecular weight excluding hydrogens is 274 g/mol. The standard InChI is InChI=1S/C15H18ClN3O/c1-2-3-4-5-11-6-8-12(9-7-11)18-13-10-17-19-15(20)14(13)16/h6-10H,2-5H2,1H3,(H2,18,19,20). The van der Waals surface area contributed by atoms with Crippen molar-refractivity contribution < 1.29 is 0 Å². The molecule has 0 spiro atoms. The van der Waals surface area contributed by atoms with E-state index >= 15 is 0 Å². The maximum atomic E-state index is 11.3. The number of rotatable bonds is 6. The summed E-state index contributed by atoms with van der Waals surface area (Å²) in [6.45, 7) is 2.20. The van der Waals surface area contributed by atoms with Gasteiger partial charge in [0.25, 0.3) is 5.56 Å². The third-order valence-corrected chi connectivity index (χ3v) is 3.47. The first kappa shape index (κ1) is 14.6. The quantitative estimate of drug-likeness (QED) is 0.794. The maximum Gasteiger partial charge on any atom is 0.285 e. The van der Waals surface area contributed by atoms with Crippen molar-refractivity contribution in [1.82, 2.24) is 10.2 Å². The zero-order valence-corrected chi connectivity index (χ0v) is 12.2. The van der Waals surface area contributed by atoms with E-state index in [0.29, 0.717) is 5.69 Å². The number of hydrogen-bond donors (Lipinski definition) is 2. The van der Waals surface area contributed by atoms with Gasteiger partial charge in [-0.3, -0.25) is 4.79 Å². The van der Waals surface area contributed by atoms with Crippen molar-refractivity contribution in [1.29, 1.82) is 0 Å². The Balaban J connectivity index is 2.03. The van der Waals surface area contributed by atoms with Crippen molar-refractivity contribution in [2.24, 2.45) is 0 Å². The average molecular weight is 292 g/mol. The first-order valence-electron chi connectivity index (χ1n) is 6.80. The molecule has 0 atom stereocenters. The average Bonchev–Trinajstić information content (AvgIpc) is 2.46. The fourth-order valence-electron chi connectivity index (χ4n) is 1.96. The highest BCUT2D eigenvalue weighted by Crippen LogP contribution is 2.21. The summed E-state index contributed by atoms with van der Waals surface area (Å²) >= 11 is 5.91. The van der Waals surface area contributed by atoms with Crippen LogP contribution in [0.4, 0.5) is 11.4 Å². The van der Waals surface area contributed by atoms with Crippen molar-refractivity contribution in [2.75, 3.05) is 5.32 Å². The van der Waals surface area contributed by atoms with E-state index in [0.717, 1.165) is 12.1 Å². The summed E-state index contributed by atoms with van der Waals surface area (Å²) in [7, 11) is 0.